The lowest BCUT2D eigenvalue weighted by atomic mass is 9.90. The molecule has 7 nitrogen and oxygen atoms in total. The number of halogens is 4. The van der Waals surface area contributed by atoms with Crippen LogP contribution in [-0.4, -0.2) is 29.6 Å². The van der Waals surface area contributed by atoms with Crippen LogP contribution in [-0.2, 0) is 45.8 Å². The maximum Gasteiger partial charge on any atom is 0.435 e. The number of pyridine rings is 1. The standard InChI is InChI=1S/C31H31ClF3N7/c1-41-30(32)23(29(40-41)31(33,34)35)17-36-16-20-11-13-21(14-12-20)18-42(19-27-38-24-8-2-3-9-25(24)39-27)26-10-4-6-22-7-5-15-37-28(22)26/h2-3,5,7-9,11-15,26,36H,4,6,10,16-19H2,1H3,(H,38,39). The van der Waals surface area contributed by atoms with Crippen molar-refractivity contribution in [2.24, 2.45) is 7.05 Å². The van der Waals surface area contributed by atoms with Gasteiger partial charge in [-0.1, -0.05) is 54.1 Å². The van der Waals surface area contributed by atoms with Gasteiger partial charge in [0.15, 0.2) is 5.69 Å². The van der Waals surface area contributed by atoms with Crippen molar-refractivity contribution in [3.8, 4) is 0 Å². The van der Waals surface area contributed by atoms with E-state index in [1.807, 2.05) is 48.7 Å². The van der Waals surface area contributed by atoms with Crippen LogP contribution in [0.1, 0.15) is 58.3 Å². The lowest BCUT2D eigenvalue weighted by Crippen LogP contribution is -2.31. The quantitative estimate of drug-likeness (QED) is 0.198. The maximum atomic E-state index is 13.4. The second-order valence-corrected chi connectivity index (χ2v) is 11.1. The third-order valence-electron chi connectivity index (χ3n) is 7.77. The minimum absolute atomic E-state index is 0.0199. The van der Waals surface area contributed by atoms with E-state index in [0.29, 0.717) is 19.6 Å². The van der Waals surface area contributed by atoms with E-state index in [2.05, 4.69) is 38.5 Å². The predicted molar refractivity (Wildman–Crippen MR) is 155 cm³/mol. The molecule has 0 fully saturated rings. The van der Waals surface area contributed by atoms with Gasteiger partial charge in [-0.25, -0.2) is 4.98 Å². The Morgan fingerprint density at radius 1 is 1.02 bits per heavy atom. The average Bonchev–Trinajstić information content (AvgIpc) is 3.53. The van der Waals surface area contributed by atoms with Gasteiger partial charge in [-0.15, -0.1) is 0 Å². The molecular weight excluding hydrogens is 563 g/mol. The van der Waals surface area contributed by atoms with Crippen molar-refractivity contribution in [1.82, 2.24) is 34.9 Å². The van der Waals surface area contributed by atoms with Crippen LogP contribution in [0.2, 0.25) is 5.15 Å². The number of hydrogen-bond donors (Lipinski definition) is 2. The molecule has 2 aromatic carbocycles. The van der Waals surface area contributed by atoms with Gasteiger partial charge < -0.3 is 10.3 Å². The van der Waals surface area contributed by atoms with Crippen molar-refractivity contribution in [3.05, 3.63) is 111 Å². The van der Waals surface area contributed by atoms with Crippen molar-refractivity contribution >= 4 is 22.6 Å². The summed E-state index contributed by atoms with van der Waals surface area (Å²) in [5.74, 6) is 0.910. The number of rotatable bonds is 9. The Morgan fingerprint density at radius 3 is 2.60 bits per heavy atom. The number of nitrogens with one attached hydrogen (secondary N) is 2. The first-order valence-electron chi connectivity index (χ1n) is 13.9. The molecule has 5 aromatic rings. The van der Waals surface area contributed by atoms with E-state index >= 15 is 0 Å². The van der Waals surface area contributed by atoms with Crippen LogP contribution in [0.25, 0.3) is 11.0 Å². The van der Waals surface area contributed by atoms with Crippen molar-refractivity contribution in [2.75, 3.05) is 0 Å². The Morgan fingerprint density at radius 2 is 1.81 bits per heavy atom. The largest absolute Gasteiger partial charge is 0.435 e. The fourth-order valence-corrected chi connectivity index (χ4v) is 5.94. The smallest absolute Gasteiger partial charge is 0.341 e. The van der Waals surface area contributed by atoms with E-state index in [1.165, 1.54) is 12.6 Å². The fourth-order valence-electron chi connectivity index (χ4n) is 5.75. The third-order valence-corrected chi connectivity index (χ3v) is 8.25. The molecule has 0 bridgehead atoms. The van der Waals surface area contributed by atoms with Gasteiger partial charge in [0.25, 0.3) is 0 Å². The van der Waals surface area contributed by atoms with E-state index in [9.17, 15) is 13.2 Å². The molecule has 0 spiro atoms. The number of para-hydroxylation sites is 2. The zero-order valence-electron chi connectivity index (χ0n) is 23.1. The van der Waals surface area contributed by atoms with E-state index in [4.69, 9.17) is 21.6 Å². The Balaban J connectivity index is 1.17. The van der Waals surface area contributed by atoms with Gasteiger partial charge in [0.2, 0.25) is 0 Å². The van der Waals surface area contributed by atoms with Gasteiger partial charge >= 0.3 is 6.18 Å². The number of aromatic nitrogens is 5. The number of nitrogens with zero attached hydrogens (tertiary/aromatic N) is 5. The molecule has 6 rings (SSSR count). The number of imidazole rings is 1. The summed E-state index contributed by atoms with van der Waals surface area (Å²) in [5.41, 5.74) is 5.48. The molecule has 0 amide bonds. The lowest BCUT2D eigenvalue weighted by molar-refractivity contribution is -0.142. The van der Waals surface area contributed by atoms with Gasteiger partial charge in [-0.3, -0.25) is 14.6 Å². The van der Waals surface area contributed by atoms with Crippen molar-refractivity contribution in [3.63, 3.8) is 0 Å². The van der Waals surface area contributed by atoms with E-state index < -0.39 is 11.9 Å². The molecule has 218 valence electrons. The highest BCUT2D eigenvalue weighted by Crippen LogP contribution is 2.35. The maximum absolute atomic E-state index is 13.4. The summed E-state index contributed by atoms with van der Waals surface area (Å²) < 4.78 is 41.2. The van der Waals surface area contributed by atoms with Crippen LogP contribution in [0.3, 0.4) is 0 Å². The normalized spacial score (nSPS) is 15.4. The Hall–Kier alpha value is -3.73. The molecule has 0 saturated carbocycles. The molecule has 0 aliphatic heterocycles. The summed E-state index contributed by atoms with van der Waals surface area (Å²) in [5, 5.41) is 6.61. The Labute approximate surface area is 246 Å². The van der Waals surface area contributed by atoms with Crippen LogP contribution < -0.4 is 5.32 Å². The molecule has 0 saturated heterocycles. The molecule has 3 heterocycles. The molecule has 1 atom stereocenters. The first-order chi connectivity index (χ1) is 20.3. The number of benzene rings is 2. The molecule has 1 aliphatic rings. The number of H-pyrrole nitrogens is 1. The summed E-state index contributed by atoms with van der Waals surface area (Å²) in [6.07, 6.45) is 0.458. The molecule has 1 unspecified atom stereocenters. The van der Waals surface area contributed by atoms with Crippen molar-refractivity contribution < 1.29 is 13.2 Å². The number of fused-ring (bicyclic) bond motifs is 2. The molecule has 0 radical (unpaired) electrons. The Bertz CT molecular complexity index is 1640. The van der Waals surface area contributed by atoms with Crippen LogP contribution in [0, 0.1) is 0 Å². The molecule has 2 N–H and O–H groups in total. The zero-order valence-corrected chi connectivity index (χ0v) is 23.9. The summed E-state index contributed by atoms with van der Waals surface area (Å²) in [6, 6.07) is 20.5. The van der Waals surface area contributed by atoms with E-state index in [1.54, 1.807) is 0 Å². The first kappa shape index (κ1) is 28.4. The second kappa shape index (κ2) is 11.9. The minimum atomic E-state index is -4.56. The number of aryl methyl sites for hydroxylation is 2. The highest BCUT2D eigenvalue weighted by molar-refractivity contribution is 6.30. The molecule has 11 heteroatoms. The molecular formula is C31H31ClF3N7. The first-order valence-corrected chi connectivity index (χ1v) is 14.3. The number of alkyl halides is 3. The molecule has 1 aliphatic carbocycles. The topological polar surface area (TPSA) is 74.7 Å². The van der Waals surface area contributed by atoms with Crippen molar-refractivity contribution in [2.45, 2.75) is 57.7 Å². The fraction of sp³-hybridized carbons (Fsp3) is 0.323. The highest BCUT2D eigenvalue weighted by Gasteiger charge is 2.38. The van der Waals surface area contributed by atoms with Gasteiger partial charge in [-0.2, -0.15) is 18.3 Å². The van der Waals surface area contributed by atoms with Crippen LogP contribution >= 0.6 is 11.6 Å². The summed E-state index contributed by atoms with van der Waals surface area (Å²) in [4.78, 5) is 15.5. The van der Waals surface area contributed by atoms with Gasteiger partial charge in [0.05, 0.1) is 29.3 Å². The molecule has 42 heavy (non-hydrogen) atoms. The van der Waals surface area contributed by atoms with E-state index in [0.717, 1.165) is 57.6 Å². The van der Waals surface area contributed by atoms with E-state index in [-0.39, 0.29) is 23.3 Å². The predicted octanol–water partition coefficient (Wildman–Crippen LogP) is 6.73. The monoisotopic (exact) mass is 593 g/mol. The average molecular weight is 594 g/mol. The Kier molecular flexibility index (Phi) is 8.02. The van der Waals surface area contributed by atoms with Crippen LogP contribution in [0.15, 0.2) is 66.9 Å². The lowest BCUT2D eigenvalue weighted by Gasteiger charge is -2.34. The summed E-state index contributed by atoms with van der Waals surface area (Å²) in [6.45, 7) is 1.70. The van der Waals surface area contributed by atoms with Crippen LogP contribution in [0.4, 0.5) is 13.2 Å². The van der Waals surface area contributed by atoms with Gasteiger partial charge in [0.1, 0.15) is 11.0 Å². The van der Waals surface area contributed by atoms with Crippen molar-refractivity contribution in [1.29, 1.82) is 0 Å². The SMILES string of the molecule is Cn1nc(C(F)(F)F)c(CNCc2ccc(CN(Cc3nc4ccccc4[nH]3)C3CCCc4cccnc43)cc2)c1Cl. The zero-order chi connectivity index (χ0) is 29.3. The minimum Gasteiger partial charge on any atom is -0.341 e. The number of aromatic amines is 1. The third kappa shape index (κ3) is 6.06. The second-order valence-electron chi connectivity index (χ2n) is 10.7. The number of hydrogen-bond acceptors (Lipinski definition) is 5. The molecule has 3 aromatic heterocycles. The van der Waals surface area contributed by atoms with Crippen LogP contribution in [0.5, 0.6) is 0 Å². The highest BCUT2D eigenvalue weighted by atomic mass is 35.5. The van der Waals surface area contributed by atoms with Gasteiger partial charge in [0, 0.05) is 38.4 Å². The van der Waals surface area contributed by atoms with Gasteiger partial charge in [-0.05, 0) is 54.2 Å². The summed E-state index contributed by atoms with van der Waals surface area (Å²) >= 11 is 6.09. The summed E-state index contributed by atoms with van der Waals surface area (Å²) in [7, 11) is 1.40.